The number of hydrogen-bond donors (Lipinski definition) is 0. The Balaban J connectivity index is 1.67. The number of benzene rings is 1. The van der Waals surface area contributed by atoms with Crippen molar-refractivity contribution in [2.45, 2.75) is 42.9 Å². The lowest BCUT2D eigenvalue weighted by Gasteiger charge is -2.28. The van der Waals surface area contributed by atoms with Gasteiger partial charge in [-0.1, -0.05) is 25.1 Å². The van der Waals surface area contributed by atoms with Crippen LogP contribution in [0.3, 0.4) is 0 Å². The highest BCUT2D eigenvalue weighted by atomic mass is 32.2. The van der Waals surface area contributed by atoms with Gasteiger partial charge in [-0.2, -0.15) is 0 Å². The molecule has 0 bridgehead atoms. The third kappa shape index (κ3) is 5.09. The van der Waals surface area contributed by atoms with E-state index < -0.39 is 0 Å². The van der Waals surface area contributed by atoms with Crippen LogP contribution in [0.5, 0.6) is 0 Å². The Kier molecular flexibility index (Phi) is 7.22. The highest BCUT2D eigenvalue weighted by Crippen LogP contribution is 2.34. The highest BCUT2D eigenvalue weighted by Gasteiger charge is 2.23. The maximum atomic E-state index is 5.51. The first-order chi connectivity index (χ1) is 15.1. The van der Waals surface area contributed by atoms with Crippen molar-refractivity contribution in [3.63, 3.8) is 0 Å². The molecule has 3 aromatic rings. The molecule has 0 N–H and O–H groups in total. The molecule has 2 aromatic heterocycles. The summed E-state index contributed by atoms with van der Waals surface area (Å²) in [4.78, 5) is 10.6. The second kappa shape index (κ2) is 10.1. The molecule has 0 saturated carbocycles. The lowest BCUT2D eigenvalue weighted by molar-refractivity contribution is 0.0358. The van der Waals surface area contributed by atoms with Crippen LogP contribution in [0, 0.1) is 6.92 Å². The molecule has 1 aromatic carbocycles. The van der Waals surface area contributed by atoms with Gasteiger partial charge in [-0.25, -0.2) is 0 Å². The van der Waals surface area contributed by atoms with Crippen LogP contribution in [0.1, 0.15) is 30.9 Å². The molecule has 1 unspecified atom stereocenters. The van der Waals surface area contributed by atoms with E-state index in [1.165, 1.54) is 4.90 Å². The molecule has 1 aliphatic heterocycles. The van der Waals surface area contributed by atoms with Gasteiger partial charge in [-0.05, 0) is 51.3 Å². The molecule has 7 nitrogen and oxygen atoms in total. The first kappa shape index (κ1) is 22.2. The zero-order valence-electron chi connectivity index (χ0n) is 18.9. The van der Waals surface area contributed by atoms with Gasteiger partial charge in [0.15, 0.2) is 11.0 Å². The van der Waals surface area contributed by atoms with E-state index >= 15 is 0 Å². The molecule has 0 radical (unpaired) electrons. The summed E-state index contributed by atoms with van der Waals surface area (Å²) < 4.78 is 7.83. The molecule has 1 aliphatic rings. The molecular formula is C23H32N6OS. The number of aryl methyl sites for hydroxylation is 1. The summed E-state index contributed by atoms with van der Waals surface area (Å²) in [5, 5.41) is 11.4. The van der Waals surface area contributed by atoms with Crippen LogP contribution in [0.15, 0.2) is 40.4 Å². The first-order valence-electron chi connectivity index (χ1n) is 11.0. The van der Waals surface area contributed by atoms with Gasteiger partial charge in [0.1, 0.15) is 0 Å². The number of para-hydroxylation sites is 1. The van der Waals surface area contributed by atoms with Gasteiger partial charge in [0.2, 0.25) is 0 Å². The largest absolute Gasteiger partial charge is 0.379 e. The maximum Gasteiger partial charge on any atom is 0.196 e. The molecule has 0 aliphatic carbocycles. The lowest BCUT2D eigenvalue weighted by atomic mass is 10.2. The fourth-order valence-corrected chi connectivity index (χ4v) is 5.21. The highest BCUT2D eigenvalue weighted by molar-refractivity contribution is 7.99. The zero-order chi connectivity index (χ0) is 21.8. The zero-order valence-corrected chi connectivity index (χ0v) is 19.7. The number of aromatic nitrogens is 4. The van der Waals surface area contributed by atoms with Gasteiger partial charge in [0.05, 0.1) is 24.8 Å². The van der Waals surface area contributed by atoms with E-state index in [0.717, 1.165) is 73.4 Å². The molecule has 3 heterocycles. The van der Waals surface area contributed by atoms with Gasteiger partial charge in [0.25, 0.3) is 0 Å². The smallest absolute Gasteiger partial charge is 0.196 e. The van der Waals surface area contributed by atoms with Gasteiger partial charge in [0, 0.05) is 42.2 Å². The predicted molar refractivity (Wildman–Crippen MR) is 125 cm³/mol. The molecule has 0 spiro atoms. The van der Waals surface area contributed by atoms with Gasteiger partial charge >= 0.3 is 0 Å². The van der Waals surface area contributed by atoms with E-state index in [2.05, 4.69) is 74.8 Å². The van der Waals surface area contributed by atoms with Crippen molar-refractivity contribution in [2.75, 3.05) is 46.9 Å². The van der Waals surface area contributed by atoms with E-state index in [1.54, 1.807) is 11.8 Å². The summed E-state index contributed by atoms with van der Waals surface area (Å²) in [5.41, 5.74) is 2.03. The summed E-state index contributed by atoms with van der Waals surface area (Å²) in [7, 11) is 4.23. The van der Waals surface area contributed by atoms with E-state index in [4.69, 9.17) is 4.74 Å². The maximum absolute atomic E-state index is 5.51. The number of rotatable bonds is 8. The van der Waals surface area contributed by atoms with Crippen molar-refractivity contribution in [3.05, 3.63) is 41.9 Å². The van der Waals surface area contributed by atoms with Crippen molar-refractivity contribution in [3.8, 4) is 0 Å². The van der Waals surface area contributed by atoms with Crippen LogP contribution in [-0.4, -0.2) is 76.5 Å². The fraction of sp³-hybridized carbons (Fsp3) is 0.522. The molecule has 0 amide bonds. The third-order valence-corrected chi connectivity index (χ3v) is 6.85. The van der Waals surface area contributed by atoms with Crippen LogP contribution in [-0.2, 0) is 11.3 Å². The number of pyridine rings is 1. The summed E-state index contributed by atoms with van der Waals surface area (Å²) in [5.74, 6) is 1.04. The third-order valence-electron chi connectivity index (χ3n) is 5.80. The second-order valence-corrected chi connectivity index (χ2v) is 9.22. The van der Waals surface area contributed by atoms with E-state index in [0.29, 0.717) is 0 Å². The summed E-state index contributed by atoms with van der Waals surface area (Å²) >= 11 is 1.69. The normalized spacial score (nSPS) is 16.3. The minimum absolute atomic E-state index is 0.238. The van der Waals surface area contributed by atoms with Crippen LogP contribution >= 0.6 is 11.8 Å². The van der Waals surface area contributed by atoms with Gasteiger partial charge in [-0.15, -0.1) is 10.2 Å². The average Bonchev–Trinajstić information content (AvgIpc) is 3.15. The molecule has 1 fully saturated rings. The van der Waals surface area contributed by atoms with Crippen LogP contribution in [0.25, 0.3) is 10.9 Å². The van der Waals surface area contributed by atoms with Crippen LogP contribution in [0.2, 0.25) is 0 Å². The van der Waals surface area contributed by atoms with Crippen molar-refractivity contribution in [2.24, 2.45) is 0 Å². The van der Waals surface area contributed by atoms with Gasteiger partial charge < -0.3 is 9.30 Å². The SMILES string of the molecule is CCC(c1nnc(Sc2cc(C)nc3ccccc23)n1CCN1CCOCC1)N(C)C. The number of morpholine rings is 1. The minimum Gasteiger partial charge on any atom is -0.379 e. The van der Waals surface area contributed by atoms with Gasteiger partial charge in [-0.3, -0.25) is 14.8 Å². The van der Waals surface area contributed by atoms with Crippen LogP contribution < -0.4 is 0 Å². The molecule has 8 heteroatoms. The van der Waals surface area contributed by atoms with Crippen molar-refractivity contribution in [1.82, 2.24) is 29.5 Å². The lowest BCUT2D eigenvalue weighted by Crippen LogP contribution is -2.38. The predicted octanol–water partition coefficient (Wildman–Crippen LogP) is 3.63. The number of nitrogens with zero attached hydrogens (tertiary/aromatic N) is 6. The second-order valence-electron chi connectivity index (χ2n) is 8.22. The molecule has 31 heavy (non-hydrogen) atoms. The Hall–Kier alpha value is -2.00. The minimum atomic E-state index is 0.238. The quantitative estimate of drug-likeness (QED) is 0.530. The average molecular weight is 441 g/mol. The molecule has 4 rings (SSSR count). The van der Waals surface area contributed by atoms with Crippen molar-refractivity contribution >= 4 is 22.7 Å². The Bertz CT molecular complexity index is 1010. The summed E-state index contributed by atoms with van der Waals surface area (Å²) in [6, 6.07) is 10.7. The van der Waals surface area contributed by atoms with Crippen molar-refractivity contribution < 1.29 is 4.74 Å². The number of fused-ring (bicyclic) bond motifs is 1. The standard InChI is InChI=1S/C23H32N6OS/c1-5-20(27(3)4)22-25-26-23(29(22)11-10-28-12-14-30-15-13-28)31-21-16-17(2)24-19-9-7-6-8-18(19)21/h6-9,16,20H,5,10-15H2,1-4H3. The Morgan fingerprint density at radius 1 is 1.13 bits per heavy atom. The number of hydrogen-bond acceptors (Lipinski definition) is 7. The summed E-state index contributed by atoms with van der Waals surface area (Å²) in [6.07, 6.45) is 0.991. The Labute approximate surface area is 188 Å². The molecule has 1 saturated heterocycles. The van der Waals surface area contributed by atoms with E-state index in [9.17, 15) is 0 Å². The fourth-order valence-electron chi connectivity index (χ4n) is 4.13. The Morgan fingerprint density at radius 3 is 2.65 bits per heavy atom. The summed E-state index contributed by atoms with van der Waals surface area (Å²) in [6.45, 7) is 9.70. The number of ether oxygens (including phenoxy) is 1. The topological polar surface area (TPSA) is 59.3 Å². The molecular weight excluding hydrogens is 408 g/mol. The first-order valence-corrected chi connectivity index (χ1v) is 11.8. The monoisotopic (exact) mass is 440 g/mol. The van der Waals surface area contributed by atoms with E-state index in [1.807, 2.05) is 13.0 Å². The Morgan fingerprint density at radius 2 is 1.90 bits per heavy atom. The molecule has 166 valence electrons. The molecule has 1 atom stereocenters. The van der Waals surface area contributed by atoms with Crippen molar-refractivity contribution in [1.29, 1.82) is 0 Å². The van der Waals surface area contributed by atoms with E-state index in [-0.39, 0.29) is 6.04 Å². The van der Waals surface area contributed by atoms with Crippen LogP contribution in [0.4, 0.5) is 0 Å².